The van der Waals surface area contributed by atoms with E-state index in [1.807, 2.05) is 6.92 Å². The second kappa shape index (κ2) is 11.4. The van der Waals surface area contributed by atoms with E-state index in [-0.39, 0.29) is 30.0 Å². The summed E-state index contributed by atoms with van der Waals surface area (Å²) in [4.78, 5) is 9.34. The minimum atomic E-state index is -0.536. The third kappa shape index (κ3) is 5.38. The minimum Gasteiger partial charge on any atom is -0.357 e. The molecule has 0 bridgehead atoms. The number of hydrogen-bond donors (Lipinski definition) is 1. The second-order valence-electron chi connectivity index (χ2n) is 8.07. The van der Waals surface area contributed by atoms with Gasteiger partial charge in [0.25, 0.3) is 0 Å². The molecule has 1 aromatic carbocycles. The number of nitrogens with one attached hydrogen (secondary N) is 1. The molecule has 0 amide bonds. The number of piperazine rings is 1. The van der Waals surface area contributed by atoms with Crippen LogP contribution in [0.4, 0.5) is 8.78 Å². The fraction of sp³-hybridized carbons (Fsp3) is 0.591. The van der Waals surface area contributed by atoms with Gasteiger partial charge in [0, 0.05) is 63.4 Å². The van der Waals surface area contributed by atoms with E-state index in [4.69, 9.17) is 4.99 Å². The van der Waals surface area contributed by atoms with Crippen molar-refractivity contribution in [1.82, 2.24) is 29.9 Å². The highest BCUT2D eigenvalue weighted by Gasteiger charge is 2.27. The summed E-state index contributed by atoms with van der Waals surface area (Å²) in [6, 6.07) is 3.84. The fourth-order valence-electron chi connectivity index (χ4n) is 4.59. The number of aromatic nitrogens is 3. The molecule has 2 aliphatic rings. The Balaban J connectivity index is 0.00000289. The second-order valence-corrected chi connectivity index (χ2v) is 8.07. The smallest absolute Gasteiger partial charge is 0.194 e. The van der Waals surface area contributed by atoms with Crippen molar-refractivity contribution >= 4 is 29.9 Å². The molecule has 176 valence electrons. The highest BCUT2D eigenvalue weighted by atomic mass is 127. The lowest BCUT2D eigenvalue weighted by atomic mass is 10.0. The Hall–Kier alpha value is -1.82. The molecular weight excluding hydrogens is 527 g/mol. The molecule has 0 radical (unpaired) electrons. The zero-order valence-corrected chi connectivity index (χ0v) is 21.1. The third-order valence-corrected chi connectivity index (χ3v) is 6.15. The largest absolute Gasteiger partial charge is 0.357 e. The van der Waals surface area contributed by atoms with Gasteiger partial charge >= 0.3 is 0 Å². The molecule has 0 spiro atoms. The zero-order valence-electron chi connectivity index (χ0n) is 18.7. The van der Waals surface area contributed by atoms with Crippen molar-refractivity contribution < 1.29 is 8.78 Å². The number of aryl methyl sites for hydroxylation is 1. The molecule has 32 heavy (non-hydrogen) atoms. The van der Waals surface area contributed by atoms with Crippen molar-refractivity contribution in [3.8, 4) is 0 Å². The van der Waals surface area contributed by atoms with Crippen LogP contribution in [0.5, 0.6) is 0 Å². The van der Waals surface area contributed by atoms with Gasteiger partial charge in [0.05, 0.1) is 0 Å². The Kier molecular flexibility index (Phi) is 8.80. The lowest BCUT2D eigenvalue weighted by molar-refractivity contribution is 0.124. The van der Waals surface area contributed by atoms with Gasteiger partial charge in [-0.2, -0.15) is 0 Å². The lowest BCUT2D eigenvalue weighted by Crippen LogP contribution is -2.53. The van der Waals surface area contributed by atoms with Crippen LogP contribution in [0.2, 0.25) is 0 Å². The maximum Gasteiger partial charge on any atom is 0.194 e. The number of rotatable bonds is 6. The average Bonchev–Trinajstić information content (AvgIpc) is 3.38. The van der Waals surface area contributed by atoms with Gasteiger partial charge in [-0.1, -0.05) is 13.0 Å². The molecule has 1 fully saturated rings. The van der Waals surface area contributed by atoms with Crippen LogP contribution in [0.25, 0.3) is 0 Å². The van der Waals surface area contributed by atoms with E-state index in [0.717, 1.165) is 82.2 Å². The van der Waals surface area contributed by atoms with Gasteiger partial charge in [-0.05, 0) is 25.8 Å². The van der Waals surface area contributed by atoms with Gasteiger partial charge in [-0.25, -0.2) is 13.8 Å². The van der Waals surface area contributed by atoms with Crippen LogP contribution < -0.4 is 5.32 Å². The van der Waals surface area contributed by atoms with Crippen LogP contribution in [0.3, 0.4) is 0 Å². The van der Waals surface area contributed by atoms with Crippen LogP contribution in [-0.2, 0) is 19.5 Å². The standard InChI is InChI=1S/C22H31F2N7.HI/c1-3-19(17-8-7-16(23)14-18(17)24)29-10-12-30(13-11-29)22(25-4-2)26-15-21-28-27-20-6-5-9-31(20)21;/h7-8,14,19H,3-6,9-13,15H2,1-2H3,(H,25,26);1H. The molecule has 7 nitrogen and oxygen atoms in total. The Morgan fingerprint density at radius 3 is 2.59 bits per heavy atom. The monoisotopic (exact) mass is 559 g/mol. The SMILES string of the molecule is CCNC(=NCc1nnc2n1CCC2)N1CCN(C(CC)c2ccc(F)cc2F)CC1.I. The van der Waals surface area contributed by atoms with Crippen molar-refractivity contribution in [2.75, 3.05) is 32.7 Å². The molecule has 4 rings (SSSR count). The Bertz CT molecular complexity index is 925. The summed E-state index contributed by atoms with van der Waals surface area (Å²) in [5.74, 6) is 1.84. The van der Waals surface area contributed by atoms with Crippen LogP contribution in [0.15, 0.2) is 23.2 Å². The molecule has 1 N–H and O–H groups in total. The summed E-state index contributed by atoms with van der Waals surface area (Å²) >= 11 is 0. The van der Waals surface area contributed by atoms with E-state index >= 15 is 0 Å². The maximum atomic E-state index is 14.4. The fourth-order valence-corrected chi connectivity index (χ4v) is 4.59. The van der Waals surface area contributed by atoms with Crippen LogP contribution in [-0.4, -0.2) is 63.2 Å². The molecular formula is C22H32F2IN7. The van der Waals surface area contributed by atoms with E-state index in [9.17, 15) is 8.78 Å². The van der Waals surface area contributed by atoms with E-state index in [1.54, 1.807) is 6.07 Å². The van der Waals surface area contributed by atoms with Crippen LogP contribution >= 0.6 is 24.0 Å². The van der Waals surface area contributed by atoms with Crippen molar-refractivity contribution in [1.29, 1.82) is 0 Å². The first-order valence-electron chi connectivity index (χ1n) is 11.2. The highest BCUT2D eigenvalue weighted by molar-refractivity contribution is 14.0. The number of halogens is 3. The number of nitrogens with zero attached hydrogens (tertiary/aromatic N) is 6. The summed E-state index contributed by atoms with van der Waals surface area (Å²) in [7, 11) is 0. The summed E-state index contributed by atoms with van der Waals surface area (Å²) < 4.78 is 29.9. The third-order valence-electron chi connectivity index (χ3n) is 6.15. The molecule has 1 unspecified atom stereocenters. The predicted octanol–water partition coefficient (Wildman–Crippen LogP) is 3.35. The summed E-state index contributed by atoms with van der Waals surface area (Å²) in [6.45, 7) is 9.55. The summed E-state index contributed by atoms with van der Waals surface area (Å²) in [5.41, 5.74) is 0.568. The zero-order chi connectivity index (χ0) is 21.8. The van der Waals surface area contributed by atoms with Gasteiger partial charge in [0.1, 0.15) is 24.0 Å². The Morgan fingerprint density at radius 1 is 1.12 bits per heavy atom. The first-order chi connectivity index (χ1) is 15.1. The van der Waals surface area contributed by atoms with Crippen molar-refractivity contribution in [3.05, 3.63) is 47.0 Å². The molecule has 10 heteroatoms. The minimum absolute atomic E-state index is 0. The van der Waals surface area contributed by atoms with Crippen molar-refractivity contribution in [2.24, 2.45) is 4.99 Å². The topological polar surface area (TPSA) is 61.6 Å². The van der Waals surface area contributed by atoms with Gasteiger partial charge in [0.15, 0.2) is 11.8 Å². The number of benzene rings is 1. The quantitative estimate of drug-likeness (QED) is 0.334. The molecule has 1 atom stereocenters. The lowest BCUT2D eigenvalue weighted by Gasteiger charge is -2.40. The molecule has 0 aliphatic carbocycles. The first-order valence-corrected chi connectivity index (χ1v) is 11.2. The van der Waals surface area contributed by atoms with E-state index in [1.165, 1.54) is 6.07 Å². The first kappa shape index (κ1) is 24.8. The van der Waals surface area contributed by atoms with Gasteiger partial charge in [-0.3, -0.25) is 4.90 Å². The Morgan fingerprint density at radius 2 is 1.91 bits per heavy atom. The number of guanidine groups is 1. The predicted molar refractivity (Wildman–Crippen MR) is 131 cm³/mol. The molecule has 0 saturated carbocycles. The van der Waals surface area contributed by atoms with Gasteiger partial charge in [-0.15, -0.1) is 34.2 Å². The number of aliphatic imine (C=N–C) groups is 1. The molecule has 2 aliphatic heterocycles. The Labute approximate surface area is 205 Å². The van der Waals surface area contributed by atoms with Gasteiger partial charge in [0.2, 0.25) is 0 Å². The van der Waals surface area contributed by atoms with Crippen molar-refractivity contribution in [2.45, 2.75) is 52.2 Å². The molecule has 1 saturated heterocycles. The number of fused-ring (bicyclic) bond motifs is 1. The molecule has 2 aromatic rings. The van der Waals surface area contributed by atoms with E-state index in [2.05, 4.69) is 36.8 Å². The summed E-state index contributed by atoms with van der Waals surface area (Å²) in [5, 5.41) is 11.9. The summed E-state index contributed by atoms with van der Waals surface area (Å²) in [6.07, 6.45) is 2.89. The molecule has 1 aromatic heterocycles. The van der Waals surface area contributed by atoms with Gasteiger partial charge < -0.3 is 14.8 Å². The molecule has 3 heterocycles. The highest BCUT2D eigenvalue weighted by Crippen LogP contribution is 2.28. The van der Waals surface area contributed by atoms with Crippen molar-refractivity contribution in [3.63, 3.8) is 0 Å². The average molecular weight is 559 g/mol. The normalized spacial score (nSPS) is 17.8. The maximum absolute atomic E-state index is 14.4. The van der Waals surface area contributed by atoms with Crippen LogP contribution in [0, 0.1) is 11.6 Å². The van der Waals surface area contributed by atoms with Crippen LogP contribution in [0.1, 0.15) is 49.9 Å². The number of hydrogen-bond acceptors (Lipinski definition) is 4. The van der Waals surface area contributed by atoms with E-state index < -0.39 is 11.6 Å². The van der Waals surface area contributed by atoms with E-state index in [0.29, 0.717) is 12.1 Å².